The highest BCUT2D eigenvalue weighted by Gasteiger charge is 2.62. The minimum absolute atomic E-state index is 0.0616. The first-order chi connectivity index (χ1) is 66.3. The predicted octanol–water partition coefficient (Wildman–Crippen LogP) is 30.9. The molecule has 0 aliphatic heterocycles. The van der Waals surface area contributed by atoms with E-state index in [1.807, 2.05) is 121 Å². The number of hydrogen-bond acceptors (Lipinski definition) is 10. The van der Waals surface area contributed by atoms with Crippen LogP contribution < -0.4 is 40.2 Å². The molecule has 8 aromatic rings. The second kappa shape index (κ2) is 41.0. The standard InChI is InChI=1S/C128H170O10P2/c1-83(2)37-35-39-85(5)109-53-55-111-107-51-49-95-77-101(57-61-125(95,19)113(107)59-63-127(109,111)21)137-115(129)79-133-117-87-65-88-70-98(122(10,11)12)72-90(118(88)134-80-116(130)138-102-58-62-126(20)96(78-102)50-52-108-112-56-54-110(86(6)40-36-38-84(3)4)128(112,22)64-60-114(108)126)67-92-74-100(124(16,17)18)76-94(120(92)136-82-140(132,105-45-31-25-32-46-105)106-47-33-26-34-48-106)68-93-75-99(123(13,14)15)73-91(66-89(117)71-97(69-87)121(7,8)9)119(93)135-81-139(131,103-41-27-23-28-42-103)104-43-29-24-30-44-104/h23-34,41-50,69-76,83-86,101-102,107-114H,35-40,51-68,77-82H2,1-22H3. The zero-order valence-corrected chi connectivity index (χ0v) is 91.4. The number of allylic oxidation sites excluding steroid dienone is 2. The van der Waals surface area contributed by atoms with Crippen molar-refractivity contribution in [2.75, 3.05) is 25.9 Å². The van der Waals surface area contributed by atoms with Gasteiger partial charge in [-0.25, -0.2) is 9.59 Å². The van der Waals surface area contributed by atoms with Gasteiger partial charge in [-0.1, -0.05) is 384 Å². The van der Waals surface area contributed by atoms with Crippen molar-refractivity contribution in [3.8, 4) is 23.0 Å². The minimum Gasteiger partial charge on any atom is -0.485 e. The number of benzene rings is 8. The molecule has 9 aliphatic carbocycles. The summed E-state index contributed by atoms with van der Waals surface area (Å²) in [6.45, 7) is 51.6. The van der Waals surface area contributed by atoms with E-state index >= 15 is 18.7 Å². The van der Waals surface area contributed by atoms with Gasteiger partial charge < -0.3 is 37.6 Å². The minimum atomic E-state index is -3.60. The maximum Gasteiger partial charge on any atom is 0.344 e. The van der Waals surface area contributed by atoms with E-state index in [-0.39, 0.29) is 74.6 Å². The second-order valence-electron chi connectivity index (χ2n) is 51.4. The Morgan fingerprint density at radius 2 is 0.629 bits per heavy atom. The van der Waals surface area contributed by atoms with E-state index in [1.165, 1.54) is 101 Å². The lowest BCUT2D eigenvalue weighted by Gasteiger charge is -2.58. The van der Waals surface area contributed by atoms with E-state index in [0.29, 0.717) is 78.7 Å². The number of carbonyl (C=O) groups excluding carboxylic acids is 2. The molecule has 9 aliphatic rings. The van der Waals surface area contributed by atoms with Gasteiger partial charge in [0.25, 0.3) is 0 Å². The van der Waals surface area contributed by atoms with Crippen LogP contribution in [-0.2, 0) is 75.5 Å². The Morgan fingerprint density at radius 3 is 0.900 bits per heavy atom. The Labute approximate surface area is 843 Å². The molecule has 0 radical (unpaired) electrons. The third-order valence-corrected chi connectivity index (χ3v) is 42.7. The molecule has 10 nitrogen and oxygen atoms in total. The highest BCUT2D eigenvalue weighted by molar-refractivity contribution is 7.79. The highest BCUT2D eigenvalue weighted by atomic mass is 31.2. The van der Waals surface area contributed by atoms with Crippen LogP contribution >= 0.6 is 14.3 Å². The van der Waals surface area contributed by atoms with Gasteiger partial charge in [-0.15, -0.1) is 0 Å². The Bertz CT molecular complexity index is 5470. The summed E-state index contributed by atoms with van der Waals surface area (Å²) in [6.07, 6.45) is 31.2. The summed E-state index contributed by atoms with van der Waals surface area (Å²) in [6, 6.07) is 57.5. The first-order valence-electron chi connectivity index (χ1n) is 54.7. The van der Waals surface area contributed by atoms with Gasteiger partial charge in [0.2, 0.25) is 0 Å². The van der Waals surface area contributed by atoms with E-state index in [2.05, 4.69) is 213 Å². The van der Waals surface area contributed by atoms with Gasteiger partial charge in [-0.05, 0) is 271 Å². The maximum atomic E-state index is 16.8. The fourth-order valence-electron chi connectivity index (χ4n) is 29.2. The number of carbonyl (C=O) groups is 2. The van der Waals surface area contributed by atoms with Gasteiger partial charge in [0.15, 0.2) is 27.5 Å². The van der Waals surface area contributed by atoms with E-state index in [4.69, 9.17) is 28.4 Å². The van der Waals surface area contributed by atoms with Crippen LogP contribution in [0, 0.1) is 92.7 Å². The maximum absolute atomic E-state index is 16.8. The van der Waals surface area contributed by atoms with Crippen molar-refractivity contribution in [3.63, 3.8) is 0 Å². The van der Waals surface area contributed by atoms with Gasteiger partial charge in [0, 0.05) is 59.7 Å². The second-order valence-corrected chi connectivity index (χ2v) is 57.0. The van der Waals surface area contributed by atoms with Crippen LogP contribution in [-0.4, -0.2) is 50.1 Å². The quantitative estimate of drug-likeness (QED) is 0.0266. The SMILES string of the molecule is CC(C)CCCC(C)C1CCC2C3CC=C4CC(OC(=O)COc5c6cc(C(C)(C)C)cc5Cc5cc(C(C)(C)C)cc(c5OCP(=O)(c5ccccc5)c5ccccc5)Cc5cc(C(C)(C)C)cc(c5OCP(=O)(c5ccccc5)c5ccccc5)Cc5cc(C(C)(C)C)cc(c5OCC(=O)OC5CCC7(C)C(=CCC8C7CCC7(C)C(C(C)CCCC(C)C)CCC87)C5)C6)CCC4(C)C3CCC12C. The molecule has 0 aromatic heterocycles. The Kier molecular flexibility index (Phi) is 30.3. The number of rotatable bonds is 28. The molecule has 0 spiro atoms. The van der Waals surface area contributed by atoms with Crippen LogP contribution in [0.2, 0.25) is 0 Å². The number of fused-ring (bicyclic) bond motifs is 18. The summed E-state index contributed by atoms with van der Waals surface area (Å²) in [4.78, 5) is 31.2. The van der Waals surface area contributed by atoms with Crippen LogP contribution in [0.25, 0.3) is 0 Å². The van der Waals surface area contributed by atoms with E-state index in [1.54, 1.807) is 0 Å². The molecule has 0 saturated heterocycles. The zero-order chi connectivity index (χ0) is 99.6. The van der Waals surface area contributed by atoms with E-state index in [0.717, 1.165) is 165 Å². The number of esters is 2. The molecule has 16 unspecified atom stereocenters. The molecular weight excluding hydrogens is 1760 g/mol. The average molecular weight is 1930 g/mol. The lowest BCUT2D eigenvalue weighted by atomic mass is 9.47. The molecule has 6 saturated carbocycles. The lowest BCUT2D eigenvalue weighted by molar-refractivity contribution is -0.154. The van der Waals surface area contributed by atoms with Gasteiger partial charge in [0.1, 0.15) is 47.9 Å². The number of hydrogen-bond donors (Lipinski definition) is 0. The molecule has 140 heavy (non-hydrogen) atoms. The molecule has 0 amide bonds. The molecule has 0 heterocycles. The summed E-state index contributed by atoms with van der Waals surface area (Å²) in [7, 11) is -7.20. The number of ether oxygens (including phenoxy) is 6. The van der Waals surface area contributed by atoms with Crippen LogP contribution in [0.5, 0.6) is 23.0 Å². The molecule has 752 valence electrons. The molecule has 8 bridgehead atoms. The van der Waals surface area contributed by atoms with Crippen molar-refractivity contribution in [2.24, 2.45) is 92.7 Å². The molecule has 6 fully saturated rings. The van der Waals surface area contributed by atoms with Crippen LogP contribution in [0.15, 0.2) is 193 Å². The summed E-state index contributed by atoms with van der Waals surface area (Å²) >= 11 is 0. The van der Waals surface area contributed by atoms with Crippen LogP contribution in [0.1, 0.15) is 360 Å². The molecule has 0 N–H and O–H groups in total. The summed E-state index contributed by atoms with van der Waals surface area (Å²) in [5, 5.41) is 2.73. The zero-order valence-electron chi connectivity index (χ0n) is 89.6. The fraction of sp³-hybridized carbons (Fsp3) is 0.578. The smallest absolute Gasteiger partial charge is 0.344 e. The fourth-order valence-corrected chi connectivity index (χ4v) is 33.6. The lowest BCUT2D eigenvalue weighted by Crippen LogP contribution is -2.51. The van der Waals surface area contributed by atoms with Crippen molar-refractivity contribution in [3.05, 3.63) is 260 Å². The molecule has 12 heteroatoms. The third kappa shape index (κ3) is 21.3. The summed E-state index contributed by atoms with van der Waals surface area (Å²) in [5.74, 6) is 10.2. The van der Waals surface area contributed by atoms with E-state index < -0.39 is 47.9 Å². The third-order valence-electron chi connectivity index (χ3n) is 37.2. The Balaban J connectivity index is 0.780. The first kappa shape index (κ1) is 103. The van der Waals surface area contributed by atoms with Gasteiger partial charge in [-0.3, -0.25) is 0 Å². The molecule has 17 rings (SSSR count). The van der Waals surface area contributed by atoms with Crippen molar-refractivity contribution in [1.29, 1.82) is 0 Å². The molecule has 16 atom stereocenters. The van der Waals surface area contributed by atoms with Gasteiger partial charge in [0.05, 0.1) is 0 Å². The summed E-state index contributed by atoms with van der Waals surface area (Å²) in [5.41, 5.74) is 13.2. The van der Waals surface area contributed by atoms with E-state index in [9.17, 15) is 0 Å². The van der Waals surface area contributed by atoms with Gasteiger partial charge >= 0.3 is 11.9 Å². The first-order valence-corrected chi connectivity index (χ1v) is 58.5. The van der Waals surface area contributed by atoms with Crippen LogP contribution in [0.4, 0.5) is 0 Å². The highest BCUT2D eigenvalue weighted by Crippen LogP contribution is 2.70. The van der Waals surface area contributed by atoms with Gasteiger partial charge in [-0.2, -0.15) is 0 Å². The Hall–Kier alpha value is -8.16. The summed E-state index contributed by atoms with van der Waals surface area (Å²) < 4.78 is 77.9. The largest absolute Gasteiger partial charge is 0.485 e. The van der Waals surface area contributed by atoms with Crippen LogP contribution in [0.3, 0.4) is 0 Å². The van der Waals surface area contributed by atoms with Crippen molar-refractivity contribution < 1.29 is 47.1 Å². The normalized spacial score (nSPS) is 26.7. The monoisotopic (exact) mass is 1930 g/mol. The topological polar surface area (TPSA) is 124 Å². The average Bonchev–Trinajstić information content (AvgIpc) is 1.49. The molecular formula is C128H170O10P2. The Morgan fingerprint density at radius 1 is 0.350 bits per heavy atom. The molecule has 8 aromatic carbocycles. The van der Waals surface area contributed by atoms with Crippen molar-refractivity contribution in [2.45, 2.75) is 353 Å². The predicted molar refractivity (Wildman–Crippen MR) is 579 cm³/mol. The van der Waals surface area contributed by atoms with Crippen molar-refractivity contribution >= 4 is 47.4 Å². The van der Waals surface area contributed by atoms with Crippen molar-refractivity contribution in [1.82, 2.24) is 0 Å².